The molecule has 0 fully saturated rings. The number of carboxylic acids is 1. The molecule has 0 aliphatic carbocycles. The number of nitrogens with zero attached hydrogens (tertiary/aromatic N) is 1. The smallest absolute Gasteiger partial charge is 0.0669 e. The summed E-state index contributed by atoms with van der Waals surface area (Å²) in [4.78, 5) is 12.4. The normalized spacial score (nSPS) is 10.2. The summed E-state index contributed by atoms with van der Waals surface area (Å²) in [5, 5.41) is 10.3. The van der Waals surface area contributed by atoms with Gasteiger partial charge in [0.2, 0.25) is 0 Å². The van der Waals surface area contributed by atoms with Gasteiger partial charge in [0.1, 0.15) is 0 Å². The monoisotopic (exact) mass is 170 g/mol. The third-order valence-electron chi connectivity index (χ3n) is 1.91. The van der Waals surface area contributed by atoms with Crippen LogP contribution in [-0.2, 0) is 4.79 Å². The van der Waals surface area contributed by atoms with Crippen LogP contribution in [0.5, 0.6) is 0 Å². The maximum atomic E-state index is 10.3. The minimum absolute atomic E-state index is 0.182. The van der Waals surface area contributed by atoms with E-state index in [4.69, 9.17) is 0 Å². The summed E-state index contributed by atoms with van der Waals surface area (Å²) < 4.78 is 0. The number of aliphatic carboxylic acids is 1. The zero-order valence-electron chi connectivity index (χ0n) is 7.80. The van der Waals surface area contributed by atoms with Gasteiger partial charge in [0.25, 0.3) is 0 Å². The zero-order chi connectivity index (χ0) is 9.56. The average molecular weight is 170 g/mol. The molecule has 0 saturated carbocycles. The van der Waals surface area contributed by atoms with Crippen molar-refractivity contribution in [3.63, 3.8) is 0 Å². The van der Waals surface area contributed by atoms with Crippen molar-refractivity contribution >= 4 is 5.97 Å². The van der Waals surface area contributed by atoms with Crippen LogP contribution in [0.15, 0.2) is 12.2 Å². The largest absolute Gasteiger partial charge is 0.545 e. The fourth-order valence-electron chi connectivity index (χ4n) is 0.935. The molecule has 0 saturated heterocycles. The van der Waals surface area contributed by atoms with Crippen molar-refractivity contribution in [1.82, 2.24) is 4.90 Å². The van der Waals surface area contributed by atoms with Crippen LogP contribution in [0, 0.1) is 0 Å². The highest BCUT2D eigenvalue weighted by molar-refractivity contribution is 5.83. The van der Waals surface area contributed by atoms with Gasteiger partial charge < -0.3 is 14.8 Å². The molecule has 0 spiro atoms. The summed E-state index contributed by atoms with van der Waals surface area (Å²) in [6.07, 6.45) is 0.490. The zero-order valence-corrected chi connectivity index (χ0v) is 7.80. The molecule has 12 heavy (non-hydrogen) atoms. The minimum atomic E-state index is -1.14. The molecule has 0 bridgehead atoms. The maximum absolute atomic E-state index is 10.3. The molecular formula is C9H16NO2-. The Balaban J connectivity index is 3.66. The second-order valence-electron chi connectivity index (χ2n) is 2.67. The lowest BCUT2D eigenvalue weighted by atomic mass is 10.2. The van der Waals surface area contributed by atoms with E-state index in [0.29, 0.717) is 6.42 Å². The highest BCUT2D eigenvalue weighted by atomic mass is 16.4. The predicted molar refractivity (Wildman–Crippen MR) is 46.6 cm³/mol. The SMILES string of the molecule is C=C(CCN(CC)CC)C(=O)[O-]. The molecule has 0 aromatic rings. The van der Waals surface area contributed by atoms with Crippen LogP contribution in [0.2, 0.25) is 0 Å². The second kappa shape index (κ2) is 5.77. The van der Waals surface area contributed by atoms with Crippen molar-refractivity contribution in [3.8, 4) is 0 Å². The number of rotatable bonds is 6. The Morgan fingerprint density at radius 2 is 1.92 bits per heavy atom. The van der Waals surface area contributed by atoms with Gasteiger partial charge in [0.15, 0.2) is 0 Å². The van der Waals surface area contributed by atoms with Gasteiger partial charge in [-0.25, -0.2) is 0 Å². The van der Waals surface area contributed by atoms with Crippen molar-refractivity contribution in [2.45, 2.75) is 20.3 Å². The highest BCUT2D eigenvalue weighted by Crippen LogP contribution is 1.98. The fraction of sp³-hybridized carbons (Fsp3) is 0.667. The van der Waals surface area contributed by atoms with E-state index in [-0.39, 0.29) is 5.57 Å². The second-order valence-corrected chi connectivity index (χ2v) is 2.67. The van der Waals surface area contributed by atoms with E-state index in [1.165, 1.54) is 0 Å². The number of carbonyl (C=O) groups is 1. The van der Waals surface area contributed by atoms with E-state index in [2.05, 4.69) is 11.5 Å². The van der Waals surface area contributed by atoms with Crippen LogP contribution in [0.3, 0.4) is 0 Å². The Kier molecular flexibility index (Phi) is 5.37. The van der Waals surface area contributed by atoms with Crippen molar-refractivity contribution in [3.05, 3.63) is 12.2 Å². The summed E-state index contributed by atoms with van der Waals surface area (Å²) in [7, 11) is 0. The summed E-state index contributed by atoms with van der Waals surface area (Å²) in [5.74, 6) is -1.14. The molecule has 0 aromatic heterocycles. The van der Waals surface area contributed by atoms with Gasteiger partial charge in [-0.15, -0.1) is 0 Å². The van der Waals surface area contributed by atoms with Crippen LogP contribution in [0.4, 0.5) is 0 Å². The molecule has 0 rings (SSSR count). The maximum Gasteiger partial charge on any atom is 0.0669 e. The first-order chi connectivity index (χ1) is 5.61. The van der Waals surface area contributed by atoms with Crippen LogP contribution >= 0.6 is 0 Å². The third-order valence-corrected chi connectivity index (χ3v) is 1.91. The molecule has 3 nitrogen and oxygen atoms in total. The van der Waals surface area contributed by atoms with Gasteiger partial charge in [-0.1, -0.05) is 20.4 Å². The molecule has 0 aromatic carbocycles. The molecule has 3 heteroatoms. The fourth-order valence-corrected chi connectivity index (χ4v) is 0.935. The van der Waals surface area contributed by atoms with Crippen molar-refractivity contribution < 1.29 is 9.90 Å². The average Bonchev–Trinajstić information content (AvgIpc) is 2.05. The molecular weight excluding hydrogens is 154 g/mol. The van der Waals surface area contributed by atoms with Gasteiger partial charge in [-0.05, 0) is 25.1 Å². The number of hydrogen-bond donors (Lipinski definition) is 0. The molecule has 0 aliphatic heterocycles. The van der Waals surface area contributed by atoms with E-state index in [1.54, 1.807) is 0 Å². The Morgan fingerprint density at radius 1 is 1.42 bits per heavy atom. The summed E-state index contributed by atoms with van der Waals surface area (Å²) in [6.45, 7) is 10.1. The van der Waals surface area contributed by atoms with E-state index >= 15 is 0 Å². The van der Waals surface area contributed by atoms with Gasteiger partial charge in [-0.2, -0.15) is 0 Å². The lowest BCUT2D eigenvalue weighted by molar-refractivity contribution is -0.299. The first-order valence-electron chi connectivity index (χ1n) is 4.23. The summed E-state index contributed by atoms with van der Waals surface area (Å²) in [6, 6.07) is 0. The lowest BCUT2D eigenvalue weighted by Crippen LogP contribution is -2.28. The van der Waals surface area contributed by atoms with Crippen LogP contribution < -0.4 is 5.11 Å². The number of carbonyl (C=O) groups excluding carboxylic acids is 1. The predicted octanol–water partition coefficient (Wildman–Crippen LogP) is 0.0244. The van der Waals surface area contributed by atoms with Crippen LogP contribution in [-0.4, -0.2) is 30.5 Å². The van der Waals surface area contributed by atoms with E-state index in [1.807, 2.05) is 13.8 Å². The van der Waals surface area contributed by atoms with E-state index in [9.17, 15) is 9.90 Å². The Morgan fingerprint density at radius 3 is 2.25 bits per heavy atom. The van der Waals surface area contributed by atoms with Gasteiger partial charge in [0.05, 0.1) is 5.97 Å². The molecule has 0 heterocycles. The number of carboxylic acid groups (broad SMARTS) is 1. The molecule has 0 radical (unpaired) electrons. The van der Waals surface area contributed by atoms with Gasteiger partial charge in [-0.3, -0.25) is 0 Å². The molecule has 70 valence electrons. The van der Waals surface area contributed by atoms with Gasteiger partial charge >= 0.3 is 0 Å². The number of hydrogen-bond acceptors (Lipinski definition) is 3. The molecule has 0 atom stereocenters. The van der Waals surface area contributed by atoms with Crippen molar-refractivity contribution in [2.24, 2.45) is 0 Å². The van der Waals surface area contributed by atoms with E-state index in [0.717, 1.165) is 19.6 Å². The standard InChI is InChI=1S/C9H17NO2/c1-4-10(5-2)7-6-8(3)9(11)12/h3-7H2,1-2H3,(H,11,12)/p-1. The Bertz CT molecular complexity index is 162. The topological polar surface area (TPSA) is 43.4 Å². The molecule has 0 aliphatic rings. The quantitative estimate of drug-likeness (QED) is 0.528. The molecule has 0 amide bonds. The third kappa shape index (κ3) is 4.13. The molecule has 0 unspecified atom stereocenters. The van der Waals surface area contributed by atoms with E-state index < -0.39 is 5.97 Å². The summed E-state index contributed by atoms with van der Waals surface area (Å²) >= 11 is 0. The van der Waals surface area contributed by atoms with Crippen molar-refractivity contribution in [1.29, 1.82) is 0 Å². The van der Waals surface area contributed by atoms with Gasteiger partial charge in [0, 0.05) is 6.54 Å². The Hall–Kier alpha value is -0.830. The first-order valence-corrected chi connectivity index (χ1v) is 4.23. The highest BCUT2D eigenvalue weighted by Gasteiger charge is 2.00. The van der Waals surface area contributed by atoms with Crippen LogP contribution in [0.1, 0.15) is 20.3 Å². The molecule has 0 N–H and O–H groups in total. The summed E-state index contributed by atoms with van der Waals surface area (Å²) in [5.41, 5.74) is 0.182. The van der Waals surface area contributed by atoms with Crippen molar-refractivity contribution in [2.75, 3.05) is 19.6 Å². The lowest BCUT2D eigenvalue weighted by Gasteiger charge is -2.18. The van der Waals surface area contributed by atoms with Crippen LogP contribution in [0.25, 0.3) is 0 Å². The minimum Gasteiger partial charge on any atom is -0.545 e. The first kappa shape index (κ1) is 11.2. The Labute approximate surface area is 73.7 Å².